The highest BCUT2D eigenvalue weighted by atomic mass is 16.4. The number of tetrazole rings is 1. The lowest BCUT2D eigenvalue weighted by Gasteiger charge is -2.17. The molecule has 20 heavy (non-hydrogen) atoms. The summed E-state index contributed by atoms with van der Waals surface area (Å²) in [5, 5.41) is 25.4. The molecule has 1 amide bonds. The molecule has 1 aliphatic carbocycles. The lowest BCUT2D eigenvalue weighted by atomic mass is 9.95. The molecule has 0 spiro atoms. The minimum Gasteiger partial charge on any atom is -0.481 e. The Morgan fingerprint density at radius 1 is 1.45 bits per heavy atom. The molecule has 1 aliphatic rings. The van der Waals surface area contributed by atoms with Gasteiger partial charge in [0, 0.05) is 0 Å². The molecule has 4 unspecified atom stereocenters. The zero-order valence-electron chi connectivity index (χ0n) is 11.5. The maximum absolute atomic E-state index is 12.3. The van der Waals surface area contributed by atoms with Crippen molar-refractivity contribution in [3.63, 3.8) is 0 Å². The van der Waals surface area contributed by atoms with Crippen LogP contribution in [-0.4, -0.2) is 37.6 Å². The Morgan fingerprint density at radius 3 is 2.70 bits per heavy atom. The summed E-state index contributed by atoms with van der Waals surface area (Å²) in [6, 6.07) is -0.392. The highest BCUT2D eigenvalue weighted by Gasteiger charge is 2.42. The molecule has 1 heterocycles. The van der Waals surface area contributed by atoms with Gasteiger partial charge in [0.25, 0.3) is 0 Å². The molecule has 1 saturated carbocycles. The summed E-state index contributed by atoms with van der Waals surface area (Å²) in [6.45, 7) is 3.76. The topological polar surface area (TPSA) is 121 Å². The van der Waals surface area contributed by atoms with Crippen molar-refractivity contribution in [3.8, 4) is 0 Å². The van der Waals surface area contributed by atoms with Gasteiger partial charge in [-0.05, 0) is 25.7 Å². The van der Waals surface area contributed by atoms with Crippen LogP contribution >= 0.6 is 0 Å². The van der Waals surface area contributed by atoms with Gasteiger partial charge >= 0.3 is 5.97 Å². The third kappa shape index (κ3) is 2.94. The Morgan fingerprint density at radius 2 is 2.15 bits per heavy atom. The molecular weight excluding hydrogens is 262 g/mol. The number of nitrogens with one attached hydrogen (secondary N) is 2. The van der Waals surface area contributed by atoms with Gasteiger partial charge in [0.15, 0.2) is 5.82 Å². The number of hydrogen-bond acceptors (Lipinski definition) is 5. The summed E-state index contributed by atoms with van der Waals surface area (Å²) in [7, 11) is 0. The molecule has 1 aromatic heterocycles. The van der Waals surface area contributed by atoms with E-state index in [1.165, 1.54) is 0 Å². The number of aromatic nitrogens is 4. The molecule has 2 rings (SSSR count). The number of amides is 1. The third-order valence-electron chi connectivity index (χ3n) is 4.00. The first kappa shape index (κ1) is 14.4. The van der Waals surface area contributed by atoms with Gasteiger partial charge in [-0.3, -0.25) is 9.59 Å². The van der Waals surface area contributed by atoms with E-state index < -0.39 is 23.8 Å². The number of nitrogens with zero attached hydrogens (tertiary/aromatic N) is 3. The van der Waals surface area contributed by atoms with Gasteiger partial charge in [-0.25, -0.2) is 0 Å². The van der Waals surface area contributed by atoms with Crippen LogP contribution in [-0.2, 0) is 9.59 Å². The fraction of sp³-hybridized carbons (Fsp3) is 0.750. The van der Waals surface area contributed by atoms with E-state index in [-0.39, 0.29) is 5.91 Å². The second kappa shape index (κ2) is 5.98. The van der Waals surface area contributed by atoms with E-state index in [0.29, 0.717) is 24.6 Å². The molecule has 110 valence electrons. The van der Waals surface area contributed by atoms with Crippen LogP contribution in [0.15, 0.2) is 0 Å². The molecule has 0 aliphatic heterocycles. The van der Waals surface area contributed by atoms with E-state index >= 15 is 0 Å². The Labute approximate surface area is 116 Å². The van der Waals surface area contributed by atoms with Gasteiger partial charge in [0.2, 0.25) is 5.91 Å². The molecule has 0 aromatic carbocycles. The number of hydrogen-bond donors (Lipinski definition) is 3. The first-order valence-electron chi connectivity index (χ1n) is 6.79. The van der Waals surface area contributed by atoms with Crippen molar-refractivity contribution >= 4 is 11.9 Å². The van der Waals surface area contributed by atoms with Crippen molar-refractivity contribution in [1.82, 2.24) is 25.9 Å². The molecule has 0 bridgehead atoms. The van der Waals surface area contributed by atoms with E-state index in [9.17, 15) is 14.7 Å². The second-order valence-electron chi connectivity index (χ2n) is 5.30. The highest BCUT2D eigenvalue weighted by Crippen LogP contribution is 2.38. The molecule has 3 N–H and O–H groups in total. The van der Waals surface area contributed by atoms with Crippen molar-refractivity contribution in [2.75, 3.05) is 0 Å². The number of aliphatic carboxylic acids is 1. The second-order valence-corrected chi connectivity index (χ2v) is 5.30. The van der Waals surface area contributed by atoms with E-state index in [1.807, 2.05) is 6.92 Å². The Hall–Kier alpha value is -1.99. The molecule has 0 radical (unpaired) electrons. The summed E-state index contributed by atoms with van der Waals surface area (Å²) in [4.78, 5) is 23.5. The van der Waals surface area contributed by atoms with Crippen LogP contribution in [0, 0.1) is 17.8 Å². The van der Waals surface area contributed by atoms with Gasteiger partial charge in [-0.15, -0.1) is 10.2 Å². The third-order valence-corrected chi connectivity index (χ3v) is 4.00. The highest BCUT2D eigenvalue weighted by molar-refractivity contribution is 5.85. The Balaban J connectivity index is 2.02. The average molecular weight is 281 g/mol. The minimum atomic E-state index is -0.895. The zero-order valence-corrected chi connectivity index (χ0v) is 11.5. The predicted molar refractivity (Wildman–Crippen MR) is 68.4 cm³/mol. The van der Waals surface area contributed by atoms with Crippen LogP contribution < -0.4 is 5.32 Å². The number of carbonyl (C=O) groups is 2. The van der Waals surface area contributed by atoms with Crippen molar-refractivity contribution in [1.29, 1.82) is 0 Å². The summed E-state index contributed by atoms with van der Waals surface area (Å²) in [5.41, 5.74) is 0. The van der Waals surface area contributed by atoms with E-state index in [4.69, 9.17) is 0 Å². The molecule has 8 heteroatoms. The van der Waals surface area contributed by atoms with Crippen LogP contribution in [0.1, 0.15) is 45.0 Å². The lowest BCUT2D eigenvalue weighted by Crippen LogP contribution is -2.37. The molecule has 1 fully saturated rings. The van der Waals surface area contributed by atoms with Crippen molar-refractivity contribution in [3.05, 3.63) is 5.82 Å². The van der Waals surface area contributed by atoms with Gasteiger partial charge in [-0.1, -0.05) is 18.6 Å². The molecule has 1 aromatic rings. The minimum absolute atomic E-state index is 0.245. The normalized spacial score (nSPS) is 27.2. The van der Waals surface area contributed by atoms with E-state index in [2.05, 4.69) is 25.9 Å². The summed E-state index contributed by atoms with van der Waals surface area (Å²) < 4.78 is 0. The van der Waals surface area contributed by atoms with Crippen LogP contribution in [0.5, 0.6) is 0 Å². The first-order valence-corrected chi connectivity index (χ1v) is 6.79. The summed E-state index contributed by atoms with van der Waals surface area (Å²) in [5.74, 6) is -1.54. The number of aromatic amines is 1. The molecular formula is C12H19N5O3. The summed E-state index contributed by atoms with van der Waals surface area (Å²) in [6.07, 6.45) is 2.09. The van der Waals surface area contributed by atoms with Crippen molar-refractivity contribution in [2.24, 2.45) is 17.8 Å². The van der Waals surface area contributed by atoms with Gasteiger partial charge in [-0.2, -0.15) is 5.21 Å². The standard InChI is InChI=1S/C12H19N5O3/c1-3-7-4-8(9(5-7)12(19)20)11(18)13-6(2)10-14-16-17-15-10/h6-9H,3-5H2,1-2H3,(H,13,18)(H,19,20)(H,14,15,16,17). The van der Waals surface area contributed by atoms with E-state index in [1.54, 1.807) is 6.92 Å². The van der Waals surface area contributed by atoms with Crippen LogP contribution in [0.2, 0.25) is 0 Å². The monoisotopic (exact) mass is 281 g/mol. The molecule has 8 nitrogen and oxygen atoms in total. The zero-order chi connectivity index (χ0) is 14.7. The Bertz CT molecular complexity index is 475. The number of carbonyl (C=O) groups excluding carboxylic acids is 1. The van der Waals surface area contributed by atoms with Crippen LogP contribution in [0.25, 0.3) is 0 Å². The summed E-state index contributed by atoms with van der Waals surface area (Å²) >= 11 is 0. The van der Waals surface area contributed by atoms with Crippen LogP contribution in [0.4, 0.5) is 0 Å². The predicted octanol–water partition coefficient (Wildman–Crippen LogP) is 0.514. The fourth-order valence-corrected chi connectivity index (χ4v) is 2.78. The van der Waals surface area contributed by atoms with Gasteiger partial charge in [0.05, 0.1) is 17.9 Å². The Kier molecular flexibility index (Phi) is 4.31. The number of H-pyrrole nitrogens is 1. The maximum Gasteiger partial charge on any atom is 0.307 e. The first-order chi connectivity index (χ1) is 9.52. The van der Waals surface area contributed by atoms with Crippen molar-refractivity contribution < 1.29 is 14.7 Å². The molecule has 0 saturated heterocycles. The molecule has 4 atom stereocenters. The SMILES string of the molecule is CCC1CC(C(=O)O)C(C(=O)NC(C)c2nn[nH]n2)C1. The van der Waals surface area contributed by atoms with Crippen LogP contribution in [0.3, 0.4) is 0 Å². The number of carboxylic acid groups (broad SMARTS) is 1. The largest absolute Gasteiger partial charge is 0.481 e. The smallest absolute Gasteiger partial charge is 0.307 e. The number of carboxylic acids is 1. The van der Waals surface area contributed by atoms with Gasteiger partial charge < -0.3 is 10.4 Å². The lowest BCUT2D eigenvalue weighted by molar-refractivity contribution is -0.146. The average Bonchev–Trinajstić information content (AvgIpc) is 3.07. The number of rotatable bonds is 5. The fourth-order valence-electron chi connectivity index (χ4n) is 2.78. The quantitative estimate of drug-likeness (QED) is 0.723. The maximum atomic E-state index is 12.3. The van der Waals surface area contributed by atoms with E-state index in [0.717, 1.165) is 6.42 Å². The van der Waals surface area contributed by atoms with Gasteiger partial charge in [0.1, 0.15) is 0 Å². The van der Waals surface area contributed by atoms with Crippen molar-refractivity contribution in [2.45, 2.75) is 39.2 Å².